The van der Waals surface area contributed by atoms with E-state index in [1.165, 1.54) is 12.7 Å². The second-order valence-corrected chi connectivity index (χ2v) is 11.1. The Kier molecular flexibility index (Phi) is 8.01. The van der Waals surface area contributed by atoms with Gasteiger partial charge in [-0.3, -0.25) is 4.98 Å². The summed E-state index contributed by atoms with van der Waals surface area (Å²) in [5.41, 5.74) is 3.24. The Balaban J connectivity index is 1.07. The highest BCUT2D eigenvalue weighted by molar-refractivity contribution is 5.85. The highest BCUT2D eigenvalue weighted by Crippen LogP contribution is 2.35. The van der Waals surface area contributed by atoms with Crippen molar-refractivity contribution in [2.75, 3.05) is 56.7 Å². The Bertz CT molecular complexity index is 1260. The van der Waals surface area contributed by atoms with E-state index in [1.807, 2.05) is 0 Å². The summed E-state index contributed by atoms with van der Waals surface area (Å²) in [5, 5.41) is 3.23. The monoisotopic (exact) mass is 535 g/mol. The first kappa shape index (κ1) is 26.1. The van der Waals surface area contributed by atoms with Gasteiger partial charge in [0.25, 0.3) is 0 Å². The maximum absolute atomic E-state index is 15.3. The molecular weight excluding hydrogens is 497 g/mol. The number of likely N-dealkylation sites (N-methyl/N-ethyl adjacent to an activating group) is 1. The normalized spacial score (nSPS) is 24.3. The molecule has 0 bridgehead atoms. The van der Waals surface area contributed by atoms with E-state index < -0.39 is 0 Å². The first-order valence-corrected chi connectivity index (χ1v) is 14.3. The van der Waals surface area contributed by atoms with E-state index in [0.717, 1.165) is 87.4 Å². The van der Waals surface area contributed by atoms with Gasteiger partial charge < -0.3 is 24.6 Å². The van der Waals surface area contributed by atoms with E-state index in [0.29, 0.717) is 36.4 Å². The van der Waals surface area contributed by atoms with Gasteiger partial charge in [-0.25, -0.2) is 19.3 Å². The molecule has 0 amide bonds. The first-order valence-electron chi connectivity index (χ1n) is 14.3. The number of ether oxygens (including phenoxy) is 2. The van der Waals surface area contributed by atoms with Crippen LogP contribution in [-0.4, -0.2) is 83.4 Å². The molecule has 208 valence electrons. The predicted molar refractivity (Wildman–Crippen MR) is 149 cm³/mol. The molecule has 10 heteroatoms. The fourth-order valence-corrected chi connectivity index (χ4v) is 6.15. The number of hydrogen-bond acceptors (Lipinski definition) is 9. The molecule has 1 aliphatic carbocycles. The van der Waals surface area contributed by atoms with Crippen LogP contribution < -0.4 is 15.0 Å². The van der Waals surface area contributed by atoms with E-state index in [1.54, 1.807) is 12.4 Å². The van der Waals surface area contributed by atoms with Crippen molar-refractivity contribution in [2.24, 2.45) is 5.92 Å². The number of halogens is 1. The Morgan fingerprint density at radius 1 is 1.00 bits per heavy atom. The minimum atomic E-state index is -0.304. The fourth-order valence-electron chi connectivity index (χ4n) is 6.15. The summed E-state index contributed by atoms with van der Waals surface area (Å²) in [5.74, 6) is 1.18. The summed E-state index contributed by atoms with van der Waals surface area (Å²) in [6.07, 6.45) is 11.7. The number of nitrogens with zero attached hydrogens (tertiary/aromatic N) is 6. The van der Waals surface area contributed by atoms with Crippen molar-refractivity contribution in [3.8, 4) is 5.75 Å². The number of benzene rings is 1. The van der Waals surface area contributed by atoms with E-state index in [2.05, 4.69) is 54.2 Å². The molecule has 0 radical (unpaired) electrons. The largest absolute Gasteiger partial charge is 0.488 e. The van der Waals surface area contributed by atoms with E-state index >= 15 is 4.39 Å². The summed E-state index contributed by atoms with van der Waals surface area (Å²) in [7, 11) is 2.12. The number of morpholine rings is 1. The SMILES string of the molecule is CN1CCC[C@H]1CNc1ncnc(CC2CCC(Oc3cc(N4CCOCC4)cc4nccnc34)CC2)c1F. The molecular formula is C29H38FN7O2. The lowest BCUT2D eigenvalue weighted by Gasteiger charge is -2.31. The van der Waals surface area contributed by atoms with Crippen molar-refractivity contribution in [3.63, 3.8) is 0 Å². The van der Waals surface area contributed by atoms with Crippen LogP contribution in [0.15, 0.2) is 30.9 Å². The minimum absolute atomic E-state index is 0.0993. The molecule has 2 aromatic heterocycles. The van der Waals surface area contributed by atoms with Crippen LogP contribution in [0.1, 0.15) is 44.2 Å². The molecule has 3 aromatic rings. The third kappa shape index (κ3) is 6.06. The van der Waals surface area contributed by atoms with Gasteiger partial charge in [0.2, 0.25) is 0 Å². The zero-order valence-corrected chi connectivity index (χ0v) is 22.7. The molecule has 2 saturated heterocycles. The number of aromatic nitrogens is 4. The summed E-state index contributed by atoms with van der Waals surface area (Å²) < 4.78 is 27.3. The average Bonchev–Trinajstić information content (AvgIpc) is 3.39. The molecule has 6 rings (SSSR count). The third-order valence-corrected chi connectivity index (χ3v) is 8.51. The van der Waals surface area contributed by atoms with E-state index in [4.69, 9.17) is 9.47 Å². The van der Waals surface area contributed by atoms with Crippen molar-refractivity contribution >= 4 is 22.5 Å². The van der Waals surface area contributed by atoms with Gasteiger partial charge >= 0.3 is 0 Å². The molecule has 0 unspecified atom stereocenters. The van der Waals surface area contributed by atoms with Crippen LogP contribution in [-0.2, 0) is 11.2 Å². The Labute approximate surface area is 229 Å². The highest BCUT2D eigenvalue weighted by atomic mass is 19.1. The van der Waals surface area contributed by atoms with Gasteiger partial charge in [0, 0.05) is 49.8 Å². The Hall–Kier alpha value is -3.11. The van der Waals surface area contributed by atoms with Crippen LogP contribution in [0.25, 0.3) is 11.0 Å². The van der Waals surface area contributed by atoms with Gasteiger partial charge in [0.15, 0.2) is 11.6 Å². The molecule has 2 aliphatic heterocycles. The van der Waals surface area contributed by atoms with Crippen LogP contribution in [0, 0.1) is 11.7 Å². The van der Waals surface area contributed by atoms with E-state index in [-0.39, 0.29) is 11.9 Å². The smallest absolute Gasteiger partial charge is 0.186 e. The number of anilines is 2. The quantitative estimate of drug-likeness (QED) is 0.458. The highest BCUT2D eigenvalue weighted by Gasteiger charge is 2.27. The Morgan fingerprint density at radius 3 is 2.62 bits per heavy atom. The van der Waals surface area contributed by atoms with Crippen molar-refractivity contribution in [1.29, 1.82) is 0 Å². The van der Waals surface area contributed by atoms with Crippen molar-refractivity contribution in [3.05, 3.63) is 42.4 Å². The van der Waals surface area contributed by atoms with Crippen LogP contribution in [0.2, 0.25) is 0 Å². The molecule has 39 heavy (non-hydrogen) atoms. The summed E-state index contributed by atoms with van der Waals surface area (Å²) in [6, 6.07) is 4.61. The minimum Gasteiger partial charge on any atom is -0.488 e. The zero-order valence-electron chi connectivity index (χ0n) is 22.7. The summed E-state index contributed by atoms with van der Waals surface area (Å²) in [4.78, 5) is 22.2. The van der Waals surface area contributed by atoms with Gasteiger partial charge in [-0.2, -0.15) is 0 Å². The van der Waals surface area contributed by atoms with Gasteiger partial charge in [0.05, 0.1) is 30.5 Å². The molecule has 0 spiro atoms. The maximum atomic E-state index is 15.3. The Morgan fingerprint density at radius 2 is 1.82 bits per heavy atom. The lowest BCUT2D eigenvalue weighted by Crippen LogP contribution is -2.36. The van der Waals surface area contributed by atoms with Gasteiger partial charge in [-0.1, -0.05) is 0 Å². The predicted octanol–water partition coefficient (Wildman–Crippen LogP) is 4.08. The first-order chi connectivity index (χ1) is 19.1. The van der Waals surface area contributed by atoms with Gasteiger partial charge in [0.1, 0.15) is 17.6 Å². The number of hydrogen-bond donors (Lipinski definition) is 1. The van der Waals surface area contributed by atoms with Gasteiger partial charge in [-0.15, -0.1) is 0 Å². The summed E-state index contributed by atoms with van der Waals surface area (Å²) in [6.45, 7) is 4.95. The summed E-state index contributed by atoms with van der Waals surface area (Å²) >= 11 is 0. The molecule has 1 aromatic carbocycles. The molecule has 3 aliphatic rings. The van der Waals surface area contributed by atoms with E-state index in [9.17, 15) is 0 Å². The standard InChI is InChI=1S/C29H38FN7O2/c1-36-10-2-3-21(36)18-33-29-27(30)24(34-19-35-29)15-20-4-6-23(7-5-20)39-26-17-22(37-11-13-38-14-12-37)16-25-28(26)32-9-8-31-25/h8-9,16-17,19-21,23H,2-7,10-15,18H2,1H3,(H,33,34,35)/t20?,21-,23?/m0/s1. The van der Waals surface area contributed by atoms with Crippen LogP contribution in [0.4, 0.5) is 15.9 Å². The second-order valence-electron chi connectivity index (χ2n) is 11.1. The molecule has 1 atom stereocenters. The second kappa shape index (κ2) is 12.0. The number of likely N-dealkylation sites (tertiary alicyclic amines) is 1. The number of fused-ring (bicyclic) bond motifs is 1. The fraction of sp³-hybridized carbons (Fsp3) is 0.586. The molecule has 3 fully saturated rings. The van der Waals surface area contributed by atoms with Crippen molar-refractivity contribution in [1.82, 2.24) is 24.8 Å². The molecule has 9 nitrogen and oxygen atoms in total. The molecule has 1 N–H and O–H groups in total. The third-order valence-electron chi connectivity index (χ3n) is 8.51. The van der Waals surface area contributed by atoms with Crippen molar-refractivity contribution in [2.45, 2.75) is 57.1 Å². The average molecular weight is 536 g/mol. The number of nitrogens with one attached hydrogen (secondary N) is 1. The van der Waals surface area contributed by atoms with Crippen LogP contribution in [0.5, 0.6) is 5.75 Å². The number of rotatable bonds is 8. The van der Waals surface area contributed by atoms with Crippen LogP contribution >= 0.6 is 0 Å². The molecule has 1 saturated carbocycles. The van der Waals surface area contributed by atoms with Gasteiger partial charge in [-0.05, 0) is 70.5 Å². The lowest BCUT2D eigenvalue weighted by molar-refractivity contribution is 0.122. The molecule has 4 heterocycles. The lowest BCUT2D eigenvalue weighted by atomic mass is 9.84. The maximum Gasteiger partial charge on any atom is 0.186 e. The van der Waals surface area contributed by atoms with Crippen molar-refractivity contribution < 1.29 is 13.9 Å². The zero-order chi connectivity index (χ0) is 26.6. The topological polar surface area (TPSA) is 88.5 Å². The van der Waals surface area contributed by atoms with Crippen LogP contribution in [0.3, 0.4) is 0 Å².